The fraction of sp³-hybridized carbons (Fsp3) is 0.414. The zero-order chi connectivity index (χ0) is 26.1. The molecule has 2 atom stereocenters. The Labute approximate surface area is 212 Å². The van der Waals surface area contributed by atoms with Gasteiger partial charge in [0.1, 0.15) is 11.5 Å². The molecule has 0 unspecified atom stereocenters. The Bertz CT molecular complexity index is 1090. The molecule has 0 saturated carbocycles. The number of ether oxygens (including phenoxy) is 3. The van der Waals surface area contributed by atoms with Gasteiger partial charge in [0.15, 0.2) is 11.6 Å². The summed E-state index contributed by atoms with van der Waals surface area (Å²) in [6, 6.07) is 7.59. The molecule has 1 aromatic carbocycles. The second-order valence-electron chi connectivity index (χ2n) is 9.31. The maximum atomic E-state index is 13.0. The molecule has 1 heterocycles. The lowest BCUT2D eigenvalue weighted by Gasteiger charge is -2.30. The number of aliphatic hydroxyl groups is 1. The number of aliphatic hydroxyl groups excluding tert-OH is 1. The highest BCUT2D eigenvalue weighted by atomic mass is 16.5. The third-order valence-electron chi connectivity index (χ3n) is 6.46. The van der Waals surface area contributed by atoms with E-state index < -0.39 is 11.9 Å². The highest BCUT2D eigenvalue weighted by Gasteiger charge is 2.33. The van der Waals surface area contributed by atoms with E-state index in [9.17, 15) is 19.5 Å². The van der Waals surface area contributed by atoms with Crippen molar-refractivity contribution in [3.63, 3.8) is 0 Å². The van der Waals surface area contributed by atoms with E-state index in [1.54, 1.807) is 26.2 Å². The number of carbonyl (C=O) groups is 3. The van der Waals surface area contributed by atoms with Gasteiger partial charge in [0.2, 0.25) is 0 Å². The first-order chi connectivity index (χ1) is 17.2. The van der Waals surface area contributed by atoms with Crippen molar-refractivity contribution >= 4 is 17.5 Å². The lowest BCUT2D eigenvalue weighted by Crippen LogP contribution is -2.30. The maximum Gasteiger partial charge on any atom is 0.334 e. The summed E-state index contributed by atoms with van der Waals surface area (Å²) in [4.78, 5) is 37.9. The first kappa shape index (κ1) is 27.1. The van der Waals surface area contributed by atoms with Crippen molar-refractivity contribution < 1.29 is 33.7 Å². The van der Waals surface area contributed by atoms with Crippen LogP contribution in [0.5, 0.6) is 5.75 Å². The number of hydrogen-bond acceptors (Lipinski definition) is 7. The van der Waals surface area contributed by atoms with Crippen LogP contribution in [0.15, 0.2) is 71.0 Å². The van der Waals surface area contributed by atoms with Gasteiger partial charge in [-0.3, -0.25) is 9.59 Å². The van der Waals surface area contributed by atoms with Gasteiger partial charge >= 0.3 is 5.97 Å². The van der Waals surface area contributed by atoms with Crippen molar-refractivity contribution in [1.82, 2.24) is 0 Å². The lowest BCUT2D eigenvalue weighted by molar-refractivity contribution is -0.137. The molecule has 7 nitrogen and oxygen atoms in total. The van der Waals surface area contributed by atoms with E-state index in [-0.39, 0.29) is 36.3 Å². The number of carbonyl (C=O) groups excluding carboxylic acids is 3. The Kier molecular flexibility index (Phi) is 9.82. The van der Waals surface area contributed by atoms with Gasteiger partial charge in [-0.25, -0.2) is 4.79 Å². The molecule has 1 aliphatic heterocycles. The third-order valence-corrected chi connectivity index (χ3v) is 6.46. The summed E-state index contributed by atoms with van der Waals surface area (Å²) in [7, 11) is 1.61. The number of fused-ring (bicyclic) bond motifs is 1. The zero-order valence-electron chi connectivity index (χ0n) is 21.1. The normalized spacial score (nSPS) is 26.1. The summed E-state index contributed by atoms with van der Waals surface area (Å²) in [5.74, 6) is -1.10. The number of esters is 1. The molecule has 3 rings (SSSR count). The van der Waals surface area contributed by atoms with E-state index >= 15 is 0 Å². The van der Waals surface area contributed by atoms with Crippen molar-refractivity contribution in [2.75, 3.05) is 20.3 Å². The Hall–Kier alpha value is -3.45. The molecule has 0 aromatic heterocycles. The molecule has 1 aromatic rings. The number of methoxy groups -OCH3 is 1. The maximum absolute atomic E-state index is 13.0. The minimum Gasteiger partial charge on any atom is -0.508 e. The fourth-order valence-corrected chi connectivity index (χ4v) is 4.53. The molecule has 0 spiro atoms. The standard InChI is InChI=1S/C29H34O7/c1-19-12-26-20(2)14-23(30)17-29(33)36-11-9-21(15-24(31)16-27(26)28(32)13-19)8-10-35-18-22-4-6-25(34-3)7-5-22/h4-7,13-15,17,26-27,30H,8-12,16,18H2,1-3H3/b20-14+,21-15+,23-17-/t26-,27-/m0/s1. The first-order valence-corrected chi connectivity index (χ1v) is 12.1. The van der Waals surface area contributed by atoms with Crippen molar-refractivity contribution in [2.24, 2.45) is 11.8 Å². The second kappa shape index (κ2) is 13.0. The molecule has 0 saturated heterocycles. The van der Waals surface area contributed by atoms with Crippen molar-refractivity contribution in [2.45, 2.75) is 46.1 Å². The molecular formula is C29H34O7. The molecule has 2 aliphatic rings. The summed E-state index contributed by atoms with van der Waals surface area (Å²) in [5.41, 5.74) is 3.45. The van der Waals surface area contributed by atoms with Gasteiger partial charge < -0.3 is 19.3 Å². The quantitative estimate of drug-likeness (QED) is 0.440. The van der Waals surface area contributed by atoms with Crippen molar-refractivity contribution in [3.8, 4) is 5.75 Å². The molecule has 0 fully saturated rings. The fourth-order valence-electron chi connectivity index (χ4n) is 4.53. The van der Waals surface area contributed by atoms with E-state index in [2.05, 4.69) is 0 Å². The Balaban J connectivity index is 1.73. The molecule has 192 valence electrons. The summed E-state index contributed by atoms with van der Waals surface area (Å²) < 4.78 is 16.2. The summed E-state index contributed by atoms with van der Waals surface area (Å²) in [6.07, 6.45) is 7.22. The predicted molar refractivity (Wildman–Crippen MR) is 135 cm³/mol. The van der Waals surface area contributed by atoms with Gasteiger partial charge in [0.05, 0.1) is 33.0 Å². The van der Waals surface area contributed by atoms with Crippen LogP contribution >= 0.6 is 0 Å². The average molecular weight is 495 g/mol. The largest absolute Gasteiger partial charge is 0.508 e. The van der Waals surface area contributed by atoms with Crippen LogP contribution in [0.2, 0.25) is 0 Å². The van der Waals surface area contributed by atoms with Crippen LogP contribution in [0.1, 0.15) is 45.1 Å². The van der Waals surface area contributed by atoms with Crippen LogP contribution < -0.4 is 4.74 Å². The number of rotatable bonds is 6. The van der Waals surface area contributed by atoms with Crippen molar-refractivity contribution in [3.05, 3.63) is 76.6 Å². The van der Waals surface area contributed by atoms with Gasteiger partial charge in [0, 0.05) is 18.8 Å². The van der Waals surface area contributed by atoms with Crippen molar-refractivity contribution in [1.29, 1.82) is 0 Å². The minimum absolute atomic E-state index is 0.0653. The van der Waals surface area contributed by atoms with Crippen LogP contribution in [0.3, 0.4) is 0 Å². The highest BCUT2D eigenvalue weighted by molar-refractivity contribution is 5.99. The zero-order valence-corrected chi connectivity index (χ0v) is 21.1. The van der Waals surface area contributed by atoms with E-state index in [0.717, 1.165) is 34.1 Å². The third kappa shape index (κ3) is 8.05. The summed E-state index contributed by atoms with van der Waals surface area (Å²) in [6.45, 7) is 4.55. The predicted octanol–water partition coefficient (Wildman–Crippen LogP) is 4.97. The smallest absolute Gasteiger partial charge is 0.334 e. The van der Waals surface area contributed by atoms with Crippen LogP contribution in [0.4, 0.5) is 0 Å². The van der Waals surface area contributed by atoms with E-state index in [4.69, 9.17) is 14.2 Å². The Morgan fingerprint density at radius 3 is 2.44 bits per heavy atom. The SMILES string of the molecule is COc1ccc(COCC/C2=C\C(=O)C[C@@H]3C(=O)C=C(C)C[C@H]3/C(C)=C/C(O)=C/C(=O)OCC2)cc1. The number of ketones is 2. The van der Waals surface area contributed by atoms with Gasteiger partial charge in [-0.1, -0.05) is 28.9 Å². The van der Waals surface area contributed by atoms with Gasteiger partial charge in [-0.2, -0.15) is 0 Å². The van der Waals surface area contributed by atoms with E-state index in [0.29, 0.717) is 32.5 Å². The Morgan fingerprint density at radius 2 is 1.72 bits per heavy atom. The van der Waals surface area contributed by atoms with Gasteiger partial charge in [-0.15, -0.1) is 0 Å². The second-order valence-corrected chi connectivity index (χ2v) is 9.31. The molecule has 1 N–H and O–H groups in total. The summed E-state index contributed by atoms with van der Waals surface area (Å²) in [5, 5.41) is 10.2. The Morgan fingerprint density at radius 1 is 0.972 bits per heavy atom. The van der Waals surface area contributed by atoms with Crippen LogP contribution in [0, 0.1) is 11.8 Å². The number of allylic oxidation sites excluding steroid dienone is 5. The van der Waals surface area contributed by atoms with Crippen LogP contribution in [-0.4, -0.2) is 43.0 Å². The van der Waals surface area contributed by atoms with Crippen LogP contribution in [0.25, 0.3) is 0 Å². The monoisotopic (exact) mass is 494 g/mol. The molecule has 36 heavy (non-hydrogen) atoms. The van der Waals surface area contributed by atoms with Crippen LogP contribution in [-0.2, 0) is 30.5 Å². The van der Waals surface area contributed by atoms with Gasteiger partial charge in [0.25, 0.3) is 0 Å². The lowest BCUT2D eigenvalue weighted by atomic mass is 9.73. The topological polar surface area (TPSA) is 99.1 Å². The average Bonchev–Trinajstić information content (AvgIpc) is 2.82. The molecule has 0 radical (unpaired) electrons. The first-order valence-electron chi connectivity index (χ1n) is 12.1. The minimum atomic E-state index is -0.664. The van der Waals surface area contributed by atoms with Gasteiger partial charge in [-0.05, 0) is 68.5 Å². The molecule has 0 bridgehead atoms. The summed E-state index contributed by atoms with van der Waals surface area (Å²) >= 11 is 0. The number of hydrogen-bond donors (Lipinski definition) is 1. The number of cyclic esters (lactones) is 1. The highest BCUT2D eigenvalue weighted by Crippen LogP contribution is 2.35. The van der Waals surface area contributed by atoms with E-state index in [1.807, 2.05) is 31.2 Å². The number of benzene rings is 1. The molecule has 7 heteroatoms. The van der Waals surface area contributed by atoms with E-state index in [1.165, 1.54) is 6.08 Å². The molecular weight excluding hydrogens is 460 g/mol. The molecule has 1 aliphatic carbocycles. The molecule has 0 amide bonds.